The molecule has 0 saturated heterocycles. The third-order valence-electron chi connectivity index (χ3n) is 4.35. The summed E-state index contributed by atoms with van der Waals surface area (Å²) in [4.78, 5) is 4.64. The normalized spacial score (nSPS) is 21.0. The molecule has 5 heteroatoms. The summed E-state index contributed by atoms with van der Waals surface area (Å²) in [6.45, 7) is 10.0. The second-order valence-corrected chi connectivity index (χ2v) is 5.73. The van der Waals surface area contributed by atoms with Crippen LogP contribution in [0.3, 0.4) is 0 Å². The molecule has 1 aromatic rings. The number of likely N-dealkylation sites (N-methyl/N-ethyl adjacent to an activating group) is 1. The Morgan fingerprint density at radius 1 is 1.30 bits per heavy atom. The van der Waals surface area contributed by atoms with Crippen LogP contribution in [0.2, 0.25) is 0 Å². The topological polar surface area (TPSA) is 60.2 Å². The summed E-state index contributed by atoms with van der Waals surface area (Å²) in [7, 11) is 0. The minimum absolute atomic E-state index is 0.205. The Bertz CT molecular complexity index is 413. The SMILES string of the molecule is CCNC(C)C(C)c1nc(C2(OCC)CCCC2)no1. The van der Waals surface area contributed by atoms with Crippen LogP contribution >= 0.6 is 0 Å². The lowest BCUT2D eigenvalue weighted by Crippen LogP contribution is -2.31. The van der Waals surface area contributed by atoms with Crippen molar-refractivity contribution in [1.82, 2.24) is 15.5 Å². The van der Waals surface area contributed by atoms with Crippen molar-refractivity contribution >= 4 is 0 Å². The minimum Gasteiger partial charge on any atom is -0.367 e. The average molecular weight is 281 g/mol. The van der Waals surface area contributed by atoms with Crippen LogP contribution in [0, 0.1) is 0 Å². The van der Waals surface area contributed by atoms with Crippen molar-refractivity contribution in [3.8, 4) is 0 Å². The van der Waals surface area contributed by atoms with Gasteiger partial charge in [0.2, 0.25) is 11.7 Å². The van der Waals surface area contributed by atoms with E-state index >= 15 is 0 Å². The molecule has 5 nitrogen and oxygen atoms in total. The lowest BCUT2D eigenvalue weighted by atomic mass is 10.0. The van der Waals surface area contributed by atoms with E-state index < -0.39 is 0 Å². The lowest BCUT2D eigenvalue weighted by molar-refractivity contribution is -0.0469. The highest BCUT2D eigenvalue weighted by Crippen LogP contribution is 2.41. The third kappa shape index (κ3) is 3.04. The first kappa shape index (κ1) is 15.4. The fourth-order valence-electron chi connectivity index (χ4n) is 2.97. The maximum Gasteiger partial charge on any atom is 0.231 e. The molecule has 0 aromatic carbocycles. The van der Waals surface area contributed by atoms with E-state index in [1.54, 1.807) is 0 Å². The zero-order chi connectivity index (χ0) is 14.6. The highest BCUT2D eigenvalue weighted by molar-refractivity contribution is 5.06. The van der Waals surface area contributed by atoms with Crippen molar-refractivity contribution in [2.24, 2.45) is 0 Å². The van der Waals surface area contributed by atoms with Gasteiger partial charge in [0.25, 0.3) is 0 Å². The Balaban J connectivity index is 2.15. The fourth-order valence-corrected chi connectivity index (χ4v) is 2.97. The van der Waals surface area contributed by atoms with E-state index in [9.17, 15) is 0 Å². The molecular weight excluding hydrogens is 254 g/mol. The molecule has 1 fully saturated rings. The molecule has 1 heterocycles. The van der Waals surface area contributed by atoms with Crippen LogP contribution < -0.4 is 5.32 Å². The summed E-state index contributed by atoms with van der Waals surface area (Å²) in [6, 6.07) is 0.319. The Morgan fingerprint density at radius 2 is 2.00 bits per heavy atom. The van der Waals surface area contributed by atoms with E-state index in [1.165, 1.54) is 12.8 Å². The third-order valence-corrected chi connectivity index (χ3v) is 4.35. The molecule has 1 aliphatic rings. The second kappa shape index (κ2) is 6.68. The number of nitrogens with one attached hydrogen (secondary N) is 1. The maximum atomic E-state index is 5.98. The van der Waals surface area contributed by atoms with Gasteiger partial charge >= 0.3 is 0 Å². The van der Waals surface area contributed by atoms with Gasteiger partial charge in [-0.2, -0.15) is 4.98 Å². The number of hydrogen-bond donors (Lipinski definition) is 1. The quantitative estimate of drug-likeness (QED) is 0.832. The molecule has 0 radical (unpaired) electrons. The van der Waals surface area contributed by atoms with Gasteiger partial charge in [0, 0.05) is 12.6 Å². The minimum atomic E-state index is -0.308. The molecule has 2 unspecified atom stereocenters. The van der Waals surface area contributed by atoms with Gasteiger partial charge in [-0.1, -0.05) is 19.0 Å². The van der Waals surface area contributed by atoms with Gasteiger partial charge < -0.3 is 14.6 Å². The first-order valence-electron chi connectivity index (χ1n) is 7.84. The first-order valence-corrected chi connectivity index (χ1v) is 7.84. The summed E-state index contributed by atoms with van der Waals surface area (Å²) in [5, 5.41) is 7.61. The van der Waals surface area contributed by atoms with E-state index in [1.807, 2.05) is 6.92 Å². The molecule has 20 heavy (non-hydrogen) atoms. The number of ether oxygens (including phenoxy) is 1. The van der Waals surface area contributed by atoms with Crippen molar-refractivity contribution in [1.29, 1.82) is 0 Å². The molecule has 1 N–H and O–H groups in total. The van der Waals surface area contributed by atoms with E-state index in [0.717, 1.165) is 25.2 Å². The highest BCUT2D eigenvalue weighted by Gasteiger charge is 2.41. The van der Waals surface area contributed by atoms with Gasteiger partial charge in [-0.15, -0.1) is 0 Å². The maximum absolute atomic E-state index is 5.98. The average Bonchev–Trinajstić information content (AvgIpc) is 3.07. The summed E-state index contributed by atoms with van der Waals surface area (Å²) in [5.74, 6) is 1.65. The van der Waals surface area contributed by atoms with Gasteiger partial charge in [0.05, 0.1) is 5.92 Å². The van der Waals surface area contributed by atoms with Crippen molar-refractivity contribution in [3.63, 3.8) is 0 Å². The van der Waals surface area contributed by atoms with Crippen LogP contribution in [-0.2, 0) is 10.3 Å². The number of aromatic nitrogens is 2. The largest absolute Gasteiger partial charge is 0.367 e. The van der Waals surface area contributed by atoms with Crippen LogP contribution in [0.4, 0.5) is 0 Å². The van der Waals surface area contributed by atoms with Gasteiger partial charge in [-0.05, 0) is 46.1 Å². The number of hydrogen-bond acceptors (Lipinski definition) is 5. The Morgan fingerprint density at radius 3 is 2.60 bits per heavy atom. The second-order valence-electron chi connectivity index (χ2n) is 5.73. The molecule has 1 aliphatic carbocycles. The smallest absolute Gasteiger partial charge is 0.231 e. The molecule has 0 amide bonds. The molecule has 1 saturated carbocycles. The van der Waals surface area contributed by atoms with Crippen LogP contribution in [0.1, 0.15) is 71.0 Å². The number of nitrogens with zero attached hydrogens (tertiary/aromatic N) is 2. The van der Waals surface area contributed by atoms with Gasteiger partial charge in [-0.3, -0.25) is 0 Å². The first-order chi connectivity index (χ1) is 9.63. The molecule has 1 aromatic heterocycles. The van der Waals surface area contributed by atoms with E-state index in [4.69, 9.17) is 9.26 Å². The lowest BCUT2D eigenvalue weighted by Gasteiger charge is -2.24. The van der Waals surface area contributed by atoms with Crippen LogP contribution in [0.15, 0.2) is 4.52 Å². The monoisotopic (exact) mass is 281 g/mol. The standard InChI is InChI=1S/C15H27N3O2/c1-5-16-12(4)11(3)13-17-14(18-20-13)15(19-6-2)9-7-8-10-15/h11-12,16H,5-10H2,1-4H3. The highest BCUT2D eigenvalue weighted by atomic mass is 16.5. The number of rotatable bonds is 7. The fraction of sp³-hybridized carbons (Fsp3) is 0.867. The molecule has 2 atom stereocenters. The predicted molar refractivity (Wildman–Crippen MR) is 77.6 cm³/mol. The van der Waals surface area contributed by atoms with Crippen molar-refractivity contribution in [2.75, 3.05) is 13.2 Å². The Hall–Kier alpha value is -0.940. The van der Waals surface area contributed by atoms with Crippen LogP contribution in [0.5, 0.6) is 0 Å². The van der Waals surface area contributed by atoms with Gasteiger partial charge in [0.1, 0.15) is 5.60 Å². The van der Waals surface area contributed by atoms with Gasteiger partial charge in [0.15, 0.2) is 0 Å². The molecule has 0 aliphatic heterocycles. The van der Waals surface area contributed by atoms with Crippen molar-refractivity contribution in [3.05, 3.63) is 11.7 Å². The van der Waals surface area contributed by atoms with E-state index in [-0.39, 0.29) is 11.5 Å². The zero-order valence-electron chi connectivity index (χ0n) is 13.1. The summed E-state index contributed by atoms with van der Waals surface area (Å²) in [5.41, 5.74) is -0.308. The van der Waals surface area contributed by atoms with E-state index in [0.29, 0.717) is 18.5 Å². The Kier molecular flexibility index (Phi) is 5.16. The zero-order valence-corrected chi connectivity index (χ0v) is 13.1. The van der Waals surface area contributed by atoms with Crippen LogP contribution in [0.25, 0.3) is 0 Å². The predicted octanol–water partition coefficient (Wildman–Crippen LogP) is 2.98. The van der Waals surface area contributed by atoms with Crippen molar-refractivity contribution < 1.29 is 9.26 Å². The molecule has 0 spiro atoms. The van der Waals surface area contributed by atoms with Gasteiger partial charge in [-0.25, -0.2) is 0 Å². The summed E-state index contributed by atoms with van der Waals surface area (Å²) in [6.07, 6.45) is 4.34. The Labute approximate surface area is 121 Å². The summed E-state index contributed by atoms with van der Waals surface area (Å²) >= 11 is 0. The molecule has 0 bridgehead atoms. The molecule has 2 rings (SSSR count). The van der Waals surface area contributed by atoms with E-state index in [2.05, 4.69) is 36.2 Å². The van der Waals surface area contributed by atoms with Crippen LogP contribution in [-0.4, -0.2) is 29.3 Å². The molecular formula is C15H27N3O2. The summed E-state index contributed by atoms with van der Waals surface area (Å²) < 4.78 is 11.5. The van der Waals surface area contributed by atoms with Crippen molar-refractivity contribution in [2.45, 2.75) is 70.9 Å². The molecule has 114 valence electrons.